The zero-order chi connectivity index (χ0) is 31.5. The summed E-state index contributed by atoms with van der Waals surface area (Å²) in [6.07, 6.45) is 1.46. The van der Waals surface area contributed by atoms with E-state index in [9.17, 15) is 39.9 Å². The lowest BCUT2D eigenvalue weighted by Gasteiger charge is -2.46. The number of hydrogen-bond donors (Lipinski definition) is 5. The standard InChI is InChI=1S/C32H35NO11/c1-15-18(13-34)19(33-8-3-4-9-33)10-23(43-15)44-21-12-32(41,22(36)14-35)11-17-25(21)31(40)27-26(29(17)38)28(37)16-6-5-7-20(42-2)24(16)30(27)39/h3,5-8,15,18-19,21,23,34-35,38,40-41H,4,9-14H2,1-2H3/t15?,18?,19?,21-,23?,32-/m0/s1. The van der Waals surface area contributed by atoms with Crippen LogP contribution in [0.5, 0.6) is 17.2 Å². The molecule has 6 rings (SSSR count). The maximum Gasteiger partial charge on any atom is 0.202 e. The number of hydrogen-bond acceptors (Lipinski definition) is 12. The summed E-state index contributed by atoms with van der Waals surface area (Å²) in [6.45, 7) is 1.43. The molecule has 0 saturated carbocycles. The van der Waals surface area contributed by atoms with Crippen LogP contribution < -0.4 is 4.74 Å². The molecule has 1 saturated heterocycles. The van der Waals surface area contributed by atoms with E-state index in [2.05, 4.69) is 4.90 Å². The monoisotopic (exact) mass is 609 g/mol. The molecule has 5 N–H and O–H groups in total. The normalized spacial score (nSPS) is 29.3. The molecule has 6 atom stereocenters. The predicted octanol–water partition coefficient (Wildman–Crippen LogP) is 1.51. The fourth-order valence-electron chi connectivity index (χ4n) is 7.18. The second-order valence-electron chi connectivity index (χ2n) is 11.8. The van der Waals surface area contributed by atoms with Crippen LogP contribution in [-0.2, 0) is 20.7 Å². The van der Waals surface area contributed by atoms with Crippen LogP contribution in [0.2, 0.25) is 0 Å². The van der Waals surface area contributed by atoms with Gasteiger partial charge in [0, 0.05) is 54.5 Å². The number of Topliss-reactive ketones (excluding diaryl/α,β-unsaturated/α-hetero) is 1. The minimum absolute atomic E-state index is 0.0353. The van der Waals surface area contributed by atoms with Crippen molar-refractivity contribution in [1.29, 1.82) is 0 Å². The molecule has 0 amide bonds. The van der Waals surface area contributed by atoms with E-state index >= 15 is 0 Å². The molecule has 2 heterocycles. The number of carbonyl (C=O) groups excluding carboxylic acids is 3. The van der Waals surface area contributed by atoms with Crippen molar-refractivity contribution in [3.05, 3.63) is 63.9 Å². The highest BCUT2D eigenvalue weighted by Crippen LogP contribution is 2.52. The summed E-state index contributed by atoms with van der Waals surface area (Å²) < 4.78 is 17.8. The van der Waals surface area contributed by atoms with E-state index in [4.69, 9.17) is 14.2 Å². The third-order valence-electron chi connectivity index (χ3n) is 9.44. The number of ether oxygens (including phenoxy) is 3. The van der Waals surface area contributed by atoms with Crippen molar-refractivity contribution in [2.45, 2.75) is 62.7 Å². The molecular formula is C32H35NO11. The Morgan fingerprint density at radius 2 is 1.86 bits per heavy atom. The number of fused-ring (bicyclic) bond motifs is 3. The number of benzene rings is 2. The fraction of sp³-hybridized carbons (Fsp3) is 0.469. The molecule has 12 heteroatoms. The molecule has 2 aromatic rings. The summed E-state index contributed by atoms with van der Waals surface area (Å²) in [6, 6.07) is 4.26. The van der Waals surface area contributed by atoms with Gasteiger partial charge < -0.3 is 44.6 Å². The van der Waals surface area contributed by atoms with Gasteiger partial charge in [-0.2, -0.15) is 0 Å². The van der Waals surface area contributed by atoms with Gasteiger partial charge in [0.15, 0.2) is 17.9 Å². The second-order valence-corrected chi connectivity index (χ2v) is 11.8. The Labute approximate surface area is 253 Å². The number of methoxy groups -OCH3 is 1. The van der Waals surface area contributed by atoms with Crippen molar-refractivity contribution in [2.75, 3.05) is 26.9 Å². The highest BCUT2D eigenvalue weighted by atomic mass is 16.7. The van der Waals surface area contributed by atoms with Crippen LogP contribution in [0, 0.1) is 5.92 Å². The molecule has 1 fully saturated rings. The Morgan fingerprint density at radius 3 is 2.52 bits per heavy atom. The Bertz CT molecular complexity index is 1570. The number of nitrogens with zero attached hydrogens (tertiary/aromatic N) is 1. The van der Waals surface area contributed by atoms with Crippen LogP contribution in [-0.4, -0.2) is 98.7 Å². The van der Waals surface area contributed by atoms with Crippen LogP contribution >= 0.6 is 0 Å². The van der Waals surface area contributed by atoms with Crippen molar-refractivity contribution in [2.24, 2.45) is 5.92 Å². The number of rotatable bonds is 7. The number of phenolic OH excluding ortho intramolecular Hbond substituents is 2. The number of aliphatic hydroxyl groups excluding tert-OH is 2. The van der Waals surface area contributed by atoms with E-state index < -0.39 is 83.5 Å². The summed E-state index contributed by atoms with van der Waals surface area (Å²) in [4.78, 5) is 42.4. The van der Waals surface area contributed by atoms with E-state index in [0.717, 1.165) is 13.0 Å². The third kappa shape index (κ3) is 4.60. The van der Waals surface area contributed by atoms with Crippen molar-refractivity contribution in [3.63, 3.8) is 0 Å². The van der Waals surface area contributed by atoms with Crippen LogP contribution in [0.1, 0.15) is 75.3 Å². The van der Waals surface area contributed by atoms with Gasteiger partial charge >= 0.3 is 0 Å². The largest absolute Gasteiger partial charge is 0.507 e. The van der Waals surface area contributed by atoms with Gasteiger partial charge in [0.2, 0.25) is 5.78 Å². The van der Waals surface area contributed by atoms with Gasteiger partial charge in [-0.3, -0.25) is 14.4 Å². The number of carbonyl (C=O) groups is 3. The first-order valence-corrected chi connectivity index (χ1v) is 14.6. The zero-order valence-corrected chi connectivity index (χ0v) is 24.4. The first kappa shape index (κ1) is 30.2. The molecule has 4 aliphatic rings. The molecule has 0 radical (unpaired) electrons. The summed E-state index contributed by atoms with van der Waals surface area (Å²) in [5, 5.41) is 54.5. The molecule has 234 valence electrons. The Kier molecular flexibility index (Phi) is 7.75. The number of aromatic hydroxyl groups is 2. The molecule has 2 aliphatic carbocycles. The van der Waals surface area contributed by atoms with Crippen molar-refractivity contribution >= 4 is 17.3 Å². The highest BCUT2D eigenvalue weighted by molar-refractivity contribution is 6.31. The molecule has 12 nitrogen and oxygen atoms in total. The van der Waals surface area contributed by atoms with Gasteiger partial charge in [-0.1, -0.05) is 18.2 Å². The highest BCUT2D eigenvalue weighted by Gasteiger charge is 2.50. The maximum atomic E-state index is 13.8. The van der Waals surface area contributed by atoms with Crippen LogP contribution in [0.4, 0.5) is 0 Å². The molecule has 2 aromatic carbocycles. The first-order chi connectivity index (χ1) is 21.0. The lowest BCUT2D eigenvalue weighted by Crippen LogP contribution is -2.52. The average molecular weight is 610 g/mol. The van der Waals surface area contributed by atoms with E-state index in [1.165, 1.54) is 25.3 Å². The lowest BCUT2D eigenvalue weighted by molar-refractivity contribution is -0.249. The lowest BCUT2D eigenvalue weighted by atomic mass is 9.72. The SMILES string of the molecule is COc1cccc2c1C(=O)c1c(O)c3c(c(O)c1C2=O)C[C@@](O)(C(=O)CO)C[C@@H]3OC1CC(N2C=CCC2)C(CO)C(C)O1. The maximum absolute atomic E-state index is 13.8. The second kappa shape index (κ2) is 11.3. The van der Waals surface area contributed by atoms with Gasteiger partial charge in [0.25, 0.3) is 0 Å². The Balaban J connectivity index is 1.46. The smallest absolute Gasteiger partial charge is 0.202 e. The van der Waals surface area contributed by atoms with Gasteiger partial charge in [0.1, 0.15) is 29.5 Å². The predicted molar refractivity (Wildman–Crippen MR) is 153 cm³/mol. The molecule has 0 bridgehead atoms. The van der Waals surface area contributed by atoms with Crippen LogP contribution in [0.15, 0.2) is 30.5 Å². The topological polar surface area (TPSA) is 183 Å². The Hall–Kier alpha value is -3.81. The zero-order valence-electron chi connectivity index (χ0n) is 24.4. The van der Waals surface area contributed by atoms with Gasteiger partial charge in [-0.15, -0.1) is 0 Å². The first-order valence-electron chi connectivity index (χ1n) is 14.6. The van der Waals surface area contributed by atoms with Crippen molar-refractivity contribution < 1.29 is 54.1 Å². The third-order valence-corrected chi connectivity index (χ3v) is 9.44. The van der Waals surface area contributed by atoms with Crippen molar-refractivity contribution in [3.8, 4) is 17.2 Å². The van der Waals surface area contributed by atoms with Crippen LogP contribution in [0.3, 0.4) is 0 Å². The van der Waals surface area contributed by atoms with E-state index in [1.807, 2.05) is 12.3 Å². The number of ketones is 3. The molecule has 4 unspecified atom stereocenters. The van der Waals surface area contributed by atoms with E-state index in [-0.39, 0.29) is 53.0 Å². The van der Waals surface area contributed by atoms with Gasteiger partial charge in [-0.05, 0) is 25.6 Å². The van der Waals surface area contributed by atoms with Crippen molar-refractivity contribution in [1.82, 2.24) is 4.90 Å². The molecular weight excluding hydrogens is 574 g/mol. The molecule has 44 heavy (non-hydrogen) atoms. The number of phenols is 2. The number of aliphatic hydroxyl groups is 3. The van der Waals surface area contributed by atoms with Crippen LogP contribution in [0.25, 0.3) is 0 Å². The van der Waals surface area contributed by atoms with Gasteiger partial charge in [0.05, 0.1) is 42.6 Å². The molecule has 0 spiro atoms. The minimum atomic E-state index is -2.22. The van der Waals surface area contributed by atoms with Gasteiger partial charge in [-0.25, -0.2) is 0 Å². The average Bonchev–Trinajstić information content (AvgIpc) is 3.55. The molecule has 0 aromatic heterocycles. The quantitative estimate of drug-likeness (QED) is 0.244. The summed E-state index contributed by atoms with van der Waals surface area (Å²) in [5.74, 6) is -3.84. The fourth-order valence-corrected chi connectivity index (χ4v) is 7.18. The molecule has 2 aliphatic heterocycles. The van der Waals surface area contributed by atoms with E-state index in [0.29, 0.717) is 0 Å². The summed E-state index contributed by atoms with van der Waals surface area (Å²) in [5.41, 5.74) is -3.43. The summed E-state index contributed by atoms with van der Waals surface area (Å²) >= 11 is 0. The Morgan fingerprint density at radius 1 is 1.11 bits per heavy atom. The minimum Gasteiger partial charge on any atom is -0.507 e. The van der Waals surface area contributed by atoms with E-state index in [1.54, 1.807) is 6.92 Å². The summed E-state index contributed by atoms with van der Waals surface area (Å²) in [7, 11) is 1.34.